The first-order chi connectivity index (χ1) is 7.60. The highest BCUT2D eigenvalue weighted by molar-refractivity contribution is 9.09. The van der Waals surface area contributed by atoms with Gasteiger partial charge in [-0.3, -0.25) is 0 Å². The van der Waals surface area contributed by atoms with Gasteiger partial charge in [-0.05, 0) is 23.1 Å². The Morgan fingerprint density at radius 3 is 2.81 bits per heavy atom. The lowest BCUT2D eigenvalue weighted by Crippen LogP contribution is -2.19. The largest absolute Gasteiger partial charge is 0.0842 e. The third-order valence-corrected chi connectivity index (χ3v) is 4.47. The average Bonchev–Trinajstić information content (AvgIpc) is 2.49. The molecule has 0 aromatic heterocycles. The molecule has 1 unspecified atom stereocenters. The minimum absolute atomic E-state index is 0.197. The summed E-state index contributed by atoms with van der Waals surface area (Å²) in [6, 6.07) is 8.80. The van der Waals surface area contributed by atoms with E-state index in [9.17, 15) is 0 Å². The molecule has 1 aromatic carbocycles. The van der Waals surface area contributed by atoms with Crippen molar-refractivity contribution >= 4 is 21.5 Å². The van der Waals surface area contributed by atoms with Gasteiger partial charge in [0, 0.05) is 10.2 Å². The average molecular weight is 275 g/mol. The Hall–Kier alpha value is -0.820. The zero-order valence-corrected chi connectivity index (χ0v) is 11.2. The van der Waals surface area contributed by atoms with Gasteiger partial charge in [-0.2, -0.15) is 0 Å². The van der Waals surface area contributed by atoms with Gasteiger partial charge in [-0.1, -0.05) is 71.8 Å². The summed E-state index contributed by atoms with van der Waals surface area (Å²) in [5, 5.41) is 0. The zero-order chi connectivity index (χ0) is 11.3. The van der Waals surface area contributed by atoms with Gasteiger partial charge >= 0.3 is 0 Å². The van der Waals surface area contributed by atoms with E-state index in [1.165, 1.54) is 16.7 Å². The monoisotopic (exact) mass is 274 g/mol. The molecule has 0 spiro atoms. The molecule has 0 radical (unpaired) electrons. The molecular formula is C15H15Br. The van der Waals surface area contributed by atoms with Crippen molar-refractivity contribution in [1.29, 1.82) is 0 Å². The fourth-order valence-corrected chi connectivity index (χ4v) is 3.42. The van der Waals surface area contributed by atoms with Crippen molar-refractivity contribution in [3.8, 4) is 0 Å². The molecule has 0 fully saturated rings. The predicted octanol–water partition coefficient (Wildman–Crippen LogP) is 4.45. The second-order valence-electron chi connectivity index (χ2n) is 5.14. The molecule has 1 atom stereocenters. The number of halogens is 1. The van der Waals surface area contributed by atoms with Crippen molar-refractivity contribution < 1.29 is 0 Å². The number of alkyl halides is 1. The normalized spacial score (nSPS) is 25.6. The van der Waals surface area contributed by atoms with Crippen LogP contribution in [0.5, 0.6) is 0 Å². The zero-order valence-electron chi connectivity index (χ0n) is 9.63. The molecule has 0 amide bonds. The molecule has 0 N–H and O–H groups in total. The molecule has 0 nitrogen and oxygen atoms in total. The molecule has 0 saturated carbocycles. The highest BCUT2D eigenvalue weighted by Gasteiger charge is 2.37. The molecule has 0 aliphatic heterocycles. The van der Waals surface area contributed by atoms with E-state index in [-0.39, 0.29) is 5.41 Å². The second-order valence-corrected chi connectivity index (χ2v) is 6.32. The van der Waals surface area contributed by atoms with E-state index in [0.717, 1.165) is 6.42 Å². The minimum Gasteiger partial charge on any atom is -0.0842 e. The topological polar surface area (TPSA) is 0 Å². The summed E-state index contributed by atoms with van der Waals surface area (Å²) in [6.07, 6.45) is 5.68. The van der Waals surface area contributed by atoms with Crippen LogP contribution in [0.15, 0.2) is 42.0 Å². The third-order valence-electron chi connectivity index (χ3n) is 3.84. The summed E-state index contributed by atoms with van der Waals surface area (Å²) in [5.74, 6) is 0. The van der Waals surface area contributed by atoms with Crippen molar-refractivity contribution in [1.82, 2.24) is 0 Å². The van der Waals surface area contributed by atoms with Gasteiger partial charge in [0.1, 0.15) is 0 Å². The predicted molar refractivity (Wildman–Crippen MR) is 72.9 cm³/mol. The van der Waals surface area contributed by atoms with E-state index in [4.69, 9.17) is 0 Å². The van der Waals surface area contributed by atoms with Gasteiger partial charge in [0.15, 0.2) is 0 Å². The summed E-state index contributed by atoms with van der Waals surface area (Å²) in [7, 11) is 0. The first-order valence-corrected chi connectivity index (χ1v) is 6.68. The first kappa shape index (κ1) is 10.3. The molecule has 1 heteroatoms. The van der Waals surface area contributed by atoms with Crippen LogP contribution in [-0.4, -0.2) is 4.83 Å². The van der Waals surface area contributed by atoms with Crippen LogP contribution in [0.3, 0.4) is 0 Å². The molecule has 2 aliphatic carbocycles. The Balaban J connectivity index is 2.24. The molecular weight excluding hydrogens is 260 g/mol. The molecule has 16 heavy (non-hydrogen) atoms. The van der Waals surface area contributed by atoms with Gasteiger partial charge < -0.3 is 0 Å². The molecule has 0 bridgehead atoms. The molecule has 1 aromatic rings. The summed E-state index contributed by atoms with van der Waals surface area (Å²) in [6.45, 7) is 4.68. The maximum atomic E-state index is 3.70. The van der Waals surface area contributed by atoms with E-state index in [0.29, 0.717) is 4.83 Å². The van der Waals surface area contributed by atoms with E-state index in [2.05, 4.69) is 66.2 Å². The van der Waals surface area contributed by atoms with E-state index >= 15 is 0 Å². The maximum absolute atomic E-state index is 3.70. The molecule has 3 rings (SSSR count). The van der Waals surface area contributed by atoms with Gasteiger partial charge in [-0.15, -0.1) is 0 Å². The Kier molecular flexibility index (Phi) is 2.16. The standard InChI is InChI=1S/C15H15Br/c1-15(2)13-6-4-3-5-11(13)12-8-7-10(16)9-14(12)15/h3-8,10H,9H2,1-2H3. The number of hydrogen-bond acceptors (Lipinski definition) is 0. The lowest BCUT2D eigenvalue weighted by Gasteiger charge is -2.27. The number of allylic oxidation sites excluding steroid dienone is 4. The van der Waals surface area contributed by atoms with Gasteiger partial charge in [-0.25, -0.2) is 0 Å². The third kappa shape index (κ3) is 1.27. The Morgan fingerprint density at radius 1 is 1.25 bits per heavy atom. The number of hydrogen-bond donors (Lipinski definition) is 0. The summed E-state index contributed by atoms with van der Waals surface area (Å²) in [4.78, 5) is 0.500. The van der Waals surface area contributed by atoms with Crippen LogP contribution < -0.4 is 0 Å². The lowest BCUT2D eigenvalue weighted by atomic mass is 9.78. The van der Waals surface area contributed by atoms with Crippen LogP contribution >= 0.6 is 15.9 Å². The van der Waals surface area contributed by atoms with Crippen molar-refractivity contribution in [3.63, 3.8) is 0 Å². The second kappa shape index (κ2) is 3.33. The highest BCUT2D eigenvalue weighted by Crippen LogP contribution is 2.50. The molecule has 2 aliphatic rings. The Morgan fingerprint density at radius 2 is 2.00 bits per heavy atom. The lowest BCUT2D eigenvalue weighted by molar-refractivity contribution is 0.610. The summed E-state index contributed by atoms with van der Waals surface area (Å²) in [5.41, 5.74) is 6.14. The minimum atomic E-state index is 0.197. The van der Waals surface area contributed by atoms with Crippen molar-refractivity contribution in [2.24, 2.45) is 0 Å². The van der Waals surface area contributed by atoms with Crippen molar-refractivity contribution in [3.05, 3.63) is 53.1 Å². The van der Waals surface area contributed by atoms with Crippen LogP contribution in [0.25, 0.3) is 5.57 Å². The fourth-order valence-electron chi connectivity index (χ4n) is 2.94. The molecule has 0 heterocycles. The fraction of sp³-hybridized carbons (Fsp3) is 0.333. The van der Waals surface area contributed by atoms with E-state index in [1.807, 2.05) is 0 Å². The van der Waals surface area contributed by atoms with Crippen LogP contribution in [0, 0.1) is 0 Å². The van der Waals surface area contributed by atoms with Gasteiger partial charge in [0.05, 0.1) is 0 Å². The Bertz CT molecular complexity index is 506. The number of rotatable bonds is 0. The summed E-state index contributed by atoms with van der Waals surface area (Å²) < 4.78 is 0. The number of fused-ring (bicyclic) bond motifs is 2. The van der Waals surface area contributed by atoms with Crippen LogP contribution in [0.1, 0.15) is 31.4 Å². The first-order valence-electron chi connectivity index (χ1n) is 5.76. The van der Waals surface area contributed by atoms with E-state index in [1.54, 1.807) is 5.57 Å². The van der Waals surface area contributed by atoms with Crippen LogP contribution in [-0.2, 0) is 5.41 Å². The number of benzene rings is 1. The van der Waals surface area contributed by atoms with Crippen molar-refractivity contribution in [2.45, 2.75) is 30.5 Å². The van der Waals surface area contributed by atoms with Crippen LogP contribution in [0.2, 0.25) is 0 Å². The van der Waals surface area contributed by atoms with Gasteiger partial charge in [0.2, 0.25) is 0 Å². The summed E-state index contributed by atoms with van der Waals surface area (Å²) >= 11 is 3.70. The molecule has 0 saturated heterocycles. The smallest absolute Gasteiger partial charge is 0.0366 e. The van der Waals surface area contributed by atoms with Crippen molar-refractivity contribution in [2.75, 3.05) is 0 Å². The van der Waals surface area contributed by atoms with E-state index < -0.39 is 0 Å². The quantitative estimate of drug-likeness (QED) is 0.613. The molecule has 82 valence electrons. The Labute approximate surface area is 105 Å². The SMILES string of the molecule is CC1(C)C2=C(C=CC(Br)C2)c2ccccc21. The highest BCUT2D eigenvalue weighted by atomic mass is 79.9. The van der Waals surface area contributed by atoms with Crippen LogP contribution in [0.4, 0.5) is 0 Å². The maximum Gasteiger partial charge on any atom is 0.0366 e. The van der Waals surface area contributed by atoms with Gasteiger partial charge in [0.25, 0.3) is 0 Å².